The van der Waals surface area contributed by atoms with Crippen LogP contribution in [0.25, 0.3) is 11.1 Å². The maximum atomic E-state index is 11.5. The van der Waals surface area contributed by atoms with Crippen LogP contribution in [0.2, 0.25) is 0 Å². The fraction of sp³-hybridized carbons (Fsp3) is 0.364. The molecule has 0 aliphatic carbocycles. The van der Waals surface area contributed by atoms with Crippen molar-refractivity contribution in [1.82, 2.24) is 4.90 Å². The van der Waals surface area contributed by atoms with E-state index in [2.05, 4.69) is 11.9 Å². The molecule has 0 spiro atoms. The lowest BCUT2D eigenvalue weighted by molar-refractivity contribution is -0.141. The van der Waals surface area contributed by atoms with Gasteiger partial charge in [-0.15, -0.1) is 0 Å². The van der Waals surface area contributed by atoms with Crippen molar-refractivity contribution in [2.45, 2.75) is 18.9 Å². The lowest BCUT2D eigenvalue weighted by atomic mass is 10.0. The van der Waals surface area contributed by atoms with Crippen molar-refractivity contribution in [3.63, 3.8) is 0 Å². The van der Waals surface area contributed by atoms with Gasteiger partial charge in [-0.2, -0.15) is 0 Å². The first-order valence-electron chi connectivity index (χ1n) is 9.41. The number of benzene rings is 2. The quantitative estimate of drug-likeness (QED) is 0.437. The molecule has 0 saturated carbocycles. The van der Waals surface area contributed by atoms with Gasteiger partial charge in [0.25, 0.3) is 0 Å². The molecule has 6 nitrogen and oxygen atoms in total. The molecule has 2 aromatic rings. The number of likely N-dealkylation sites (tertiary alicyclic amines) is 1. The van der Waals surface area contributed by atoms with E-state index in [1.807, 2.05) is 48.5 Å². The van der Waals surface area contributed by atoms with E-state index in [4.69, 9.17) is 20.6 Å². The van der Waals surface area contributed by atoms with E-state index in [0.29, 0.717) is 25.0 Å². The predicted molar refractivity (Wildman–Crippen MR) is 110 cm³/mol. The number of nitrogens with one attached hydrogen (secondary N) is 1. The maximum absolute atomic E-state index is 11.5. The Hall–Kier alpha value is -2.86. The number of rotatable bonds is 7. The van der Waals surface area contributed by atoms with Gasteiger partial charge in [0.15, 0.2) is 0 Å². The molecule has 3 N–H and O–H groups in total. The third-order valence-electron chi connectivity index (χ3n) is 5.28. The molecule has 1 fully saturated rings. The molecule has 6 heteroatoms. The predicted octanol–water partition coefficient (Wildman–Crippen LogP) is 2.90. The smallest absolute Gasteiger partial charge is 0.305 e. The highest BCUT2D eigenvalue weighted by atomic mass is 16.5. The van der Waals surface area contributed by atoms with Gasteiger partial charge in [0.1, 0.15) is 18.2 Å². The van der Waals surface area contributed by atoms with Crippen molar-refractivity contribution >= 4 is 11.8 Å². The Morgan fingerprint density at radius 3 is 2.32 bits per heavy atom. The number of hydrogen-bond donors (Lipinski definition) is 2. The van der Waals surface area contributed by atoms with Gasteiger partial charge in [-0.1, -0.05) is 36.4 Å². The monoisotopic (exact) mass is 381 g/mol. The Bertz CT molecular complexity index is 818. The Labute approximate surface area is 165 Å². The summed E-state index contributed by atoms with van der Waals surface area (Å²) in [5, 5.41) is 7.46. The van der Waals surface area contributed by atoms with Crippen LogP contribution < -0.4 is 10.5 Å². The molecule has 1 aliphatic rings. The van der Waals surface area contributed by atoms with E-state index in [1.54, 1.807) is 0 Å². The minimum atomic E-state index is -0.146. The van der Waals surface area contributed by atoms with Gasteiger partial charge in [0.05, 0.1) is 7.11 Å². The van der Waals surface area contributed by atoms with Crippen LogP contribution in [0.1, 0.15) is 18.4 Å². The molecule has 1 heterocycles. The second kappa shape index (κ2) is 8.89. The van der Waals surface area contributed by atoms with Crippen LogP contribution in [0.3, 0.4) is 0 Å². The van der Waals surface area contributed by atoms with Crippen molar-refractivity contribution in [2.24, 2.45) is 11.7 Å². The SMILES string of the molecule is COC(=O)C[C@@H]1C[C@@H](COc2ccc(-c3ccc(C(=N)N)cc3)cc2)N(C)C1. The van der Waals surface area contributed by atoms with Gasteiger partial charge < -0.3 is 15.2 Å². The zero-order valence-electron chi connectivity index (χ0n) is 16.4. The Balaban J connectivity index is 1.54. The number of nitrogens with two attached hydrogens (primary N) is 1. The lowest BCUT2D eigenvalue weighted by Crippen LogP contribution is -2.30. The summed E-state index contributed by atoms with van der Waals surface area (Å²) in [6, 6.07) is 15.9. The number of carbonyl (C=O) groups excluding carboxylic acids is 1. The maximum Gasteiger partial charge on any atom is 0.305 e. The summed E-state index contributed by atoms with van der Waals surface area (Å²) in [5.74, 6) is 1.08. The van der Waals surface area contributed by atoms with Gasteiger partial charge in [0, 0.05) is 24.6 Å². The van der Waals surface area contributed by atoms with Gasteiger partial charge >= 0.3 is 5.97 Å². The number of hydrogen-bond acceptors (Lipinski definition) is 5. The molecule has 28 heavy (non-hydrogen) atoms. The zero-order valence-corrected chi connectivity index (χ0v) is 16.4. The first-order valence-corrected chi connectivity index (χ1v) is 9.41. The second-order valence-corrected chi connectivity index (χ2v) is 7.30. The Kier molecular flexibility index (Phi) is 6.31. The molecule has 0 bridgehead atoms. The molecule has 1 saturated heterocycles. The number of amidine groups is 1. The highest BCUT2D eigenvalue weighted by Crippen LogP contribution is 2.27. The topological polar surface area (TPSA) is 88.6 Å². The van der Waals surface area contributed by atoms with E-state index >= 15 is 0 Å². The standard InChI is InChI=1S/C22H27N3O3/c1-25-13-15(12-21(26)27-2)11-19(25)14-28-20-9-7-17(8-10-20)16-3-5-18(6-4-16)22(23)24/h3-10,15,19H,11-14H2,1-2H3,(H3,23,24)/t15-,19-/m0/s1. The van der Waals surface area contributed by atoms with E-state index in [9.17, 15) is 4.79 Å². The van der Waals surface area contributed by atoms with E-state index in [-0.39, 0.29) is 11.8 Å². The van der Waals surface area contributed by atoms with Gasteiger partial charge in [-0.25, -0.2) is 0 Å². The largest absolute Gasteiger partial charge is 0.492 e. The normalized spacial score (nSPS) is 19.4. The van der Waals surface area contributed by atoms with E-state index in [1.165, 1.54) is 7.11 Å². The molecule has 148 valence electrons. The van der Waals surface area contributed by atoms with Crippen LogP contribution in [0.4, 0.5) is 0 Å². The van der Waals surface area contributed by atoms with Gasteiger partial charge in [0.2, 0.25) is 0 Å². The van der Waals surface area contributed by atoms with Crippen LogP contribution in [0.15, 0.2) is 48.5 Å². The molecule has 3 rings (SSSR count). The third kappa shape index (κ3) is 4.89. The Morgan fingerprint density at radius 2 is 1.75 bits per heavy atom. The molecule has 0 amide bonds. The number of carbonyl (C=O) groups is 1. The Morgan fingerprint density at radius 1 is 1.14 bits per heavy atom. The summed E-state index contributed by atoms with van der Waals surface area (Å²) in [4.78, 5) is 13.7. The van der Waals surface area contributed by atoms with Crippen LogP contribution in [0, 0.1) is 11.3 Å². The summed E-state index contributed by atoms with van der Waals surface area (Å²) in [5.41, 5.74) is 8.36. The summed E-state index contributed by atoms with van der Waals surface area (Å²) >= 11 is 0. The van der Waals surface area contributed by atoms with E-state index in [0.717, 1.165) is 35.4 Å². The molecule has 2 aromatic carbocycles. The second-order valence-electron chi connectivity index (χ2n) is 7.30. The minimum absolute atomic E-state index is 0.0704. The zero-order chi connectivity index (χ0) is 20.1. The van der Waals surface area contributed by atoms with Crippen molar-refractivity contribution in [3.05, 3.63) is 54.1 Å². The first kappa shape index (κ1) is 19.9. The molecule has 2 atom stereocenters. The number of nitrogen functional groups attached to an aromatic ring is 1. The molecule has 0 radical (unpaired) electrons. The van der Waals surface area contributed by atoms with Crippen molar-refractivity contribution < 1.29 is 14.3 Å². The summed E-state index contributed by atoms with van der Waals surface area (Å²) in [7, 11) is 3.50. The number of methoxy groups -OCH3 is 1. The third-order valence-corrected chi connectivity index (χ3v) is 5.28. The van der Waals surface area contributed by atoms with Crippen LogP contribution in [0.5, 0.6) is 5.75 Å². The fourth-order valence-corrected chi connectivity index (χ4v) is 3.64. The first-order chi connectivity index (χ1) is 13.5. The fourth-order valence-electron chi connectivity index (χ4n) is 3.64. The van der Waals surface area contributed by atoms with Crippen LogP contribution in [-0.2, 0) is 9.53 Å². The average Bonchev–Trinajstić information content (AvgIpc) is 3.05. The van der Waals surface area contributed by atoms with Crippen molar-refractivity contribution in [1.29, 1.82) is 5.41 Å². The summed E-state index contributed by atoms with van der Waals surface area (Å²) in [6.45, 7) is 1.49. The summed E-state index contributed by atoms with van der Waals surface area (Å²) in [6.07, 6.45) is 1.40. The van der Waals surface area contributed by atoms with Gasteiger partial charge in [-0.3, -0.25) is 15.1 Å². The van der Waals surface area contributed by atoms with Gasteiger partial charge in [-0.05, 0) is 42.6 Å². The highest BCUT2D eigenvalue weighted by Gasteiger charge is 2.31. The van der Waals surface area contributed by atoms with Crippen LogP contribution in [-0.4, -0.2) is 50.1 Å². The lowest BCUT2D eigenvalue weighted by Gasteiger charge is -2.19. The number of nitrogens with zero attached hydrogens (tertiary/aromatic N) is 1. The van der Waals surface area contributed by atoms with Crippen LogP contribution >= 0.6 is 0 Å². The minimum Gasteiger partial charge on any atom is -0.492 e. The molecule has 1 aliphatic heterocycles. The summed E-state index contributed by atoms with van der Waals surface area (Å²) < 4.78 is 10.8. The number of likely N-dealkylation sites (N-methyl/N-ethyl adjacent to an activating group) is 1. The van der Waals surface area contributed by atoms with Crippen molar-refractivity contribution in [3.8, 4) is 16.9 Å². The molecule has 0 aromatic heterocycles. The number of esters is 1. The molecular weight excluding hydrogens is 354 g/mol. The molecule has 0 unspecified atom stereocenters. The average molecular weight is 381 g/mol. The van der Waals surface area contributed by atoms with E-state index < -0.39 is 0 Å². The number of ether oxygens (including phenoxy) is 2. The van der Waals surface area contributed by atoms with Crippen molar-refractivity contribution in [2.75, 3.05) is 27.3 Å². The molecular formula is C22H27N3O3. The highest BCUT2D eigenvalue weighted by molar-refractivity contribution is 5.95.